The van der Waals surface area contributed by atoms with Crippen LogP contribution in [0.5, 0.6) is 0 Å². The molecule has 0 aliphatic carbocycles. The van der Waals surface area contributed by atoms with Gasteiger partial charge in [0.15, 0.2) is 0 Å². The van der Waals surface area contributed by atoms with Gasteiger partial charge >= 0.3 is 0 Å². The van der Waals surface area contributed by atoms with Crippen LogP contribution in [0.25, 0.3) is 0 Å². The number of rotatable bonds is 4. The van der Waals surface area contributed by atoms with Crippen molar-refractivity contribution < 1.29 is 9.59 Å². The second kappa shape index (κ2) is 7.62. The Morgan fingerprint density at radius 3 is 2.30 bits per heavy atom. The van der Waals surface area contributed by atoms with E-state index in [4.69, 9.17) is 0 Å². The van der Waals surface area contributed by atoms with Gasteiger partial charge < -0.3 is 10.2 Å². The maximum atomic E-state index is 12.3. The second-order valence-corrected chi connectivity index (χ2v) is 7.38. The predicted octanol–water partition coefficient (Wildman–Crippen LogP) is 2.77. The molecule has 1 saturated heterocycles. The van der Waals surface area contributed by atoms with Crippen LogP contribution in [0.15, 0.2) is 30.3 Å². The van der Waals surface area contributed by atoms with E-state index in [-0.39, 0.29) is 23.3 Å². The Kier molecular flexibility index (Phi) is 5.80. The van der Waals surface area contributed by atoms with Gasteiger partial charge in [-0.3, -0.25) is 9.59 Å². The summed E-state index contributed by atoms with van der Waals surface area (Å²) in [4.78, 5) is 26.4. The van der Waals surface area contributed by atoms with Gasteiger partial charge in [0.05, 0.1) is 0 Å². The SMILES string of the molecule is CC(C)(C)NC(=O)C1CCN(C(=O)CCc2ccccc2)CC1. The van der Waals surface area contributed by atoms with Crippen LogP contribution < -0.4 is 5.32 Å². The molecule has 1 aliphatic heterocycles. The molecule has 2 rings (SSSR count). The fourth-order valence-corrected chi connectivity index (χ4v) is 2.92. The van der Waals surface area contributed by atoms with Crippen molar-refractivity contribution in [3.8, 4) is 0 Å². The number of benzene rings is 1. The highest BCUT2D eigenvalue weighted by Crippen LogP contribution is 2.19. The van der Waals surface area contributed by atoms with Gasteiger partial charge in [0.2, 0.25) is 11.8 Å². The van der Waals surface area contributed by atoms with E-state index in [0.29, 0.717) is 19.5 Å². The fraction of sp³-hybridized carbons (Fsp3) is 0.579. The van der Waals surface area contributed by atoms with Crippen molar-refractivity contribution in [2.24, 2.45) is 5.92 Å². The monoisotopic (exact) mass is 316 g/mol. The van der Waals surface area contributed by atoms with Gasteiger partial charge in [0.25, 0.3) is 0 Å². The summed E-state index contributed by atoms with van der Waals surface area (Å²) in [6.07, 6.45) is 2.85. The summed E-state index contributed by atoms with van der Waals surface area (Å²) in [5.74, 6) is 0.352. The van der Waals surface area contributed by atoms with Crippen molar-refractivity contribution in [1.82, 2.24) is 10.2 Å². The molecule has 2 amide bonds. The molecular formula is C19H28N2O2. The van der Waals surface area contributed by atoms with Gasteiger partial charge in [0, 0.05) is 31.0 Å². The van der Waals surface area contributed by atoms with Crippen molar-refractivity contribution in [2.75, 3.05) is 13.1 Å². The standard InChI is InChI=1S/C19H28N2O2/c1-19(2,3)20-18(23)16-11-13-21(14-12-16)17(22)10-9-15-7-5-4-6-8-15/h4-8,16H,9-14H2,1-3H3,(H,20,23). The Labute approximate surface area is 139 Å². The summed E-state index contributed by atoms with van der Waals surface area (Å²) in [6.45, 7) is 7.36. The molecule has 4 nitrogen and oxygen atoms in total. The zero-order chi connectivity index (χ0) is 16.9. The summed E-state index contributed by atoms with van der Waals surface area (Å²) in [6, 6.07) is 10.1. The Hall–Kier alpha value is -1.84. The van der Waals surface area contributed by atoms with Crippen LogP contribution in [0.2, 0.25) is 0 Å². The molecule has 23 heavy (non-hydrogen) atoms. The van der Waals surface area contributed by atoms with Crippen LogP contribution in [0.3, 0.4) is 0 Å². The number of aryl methyl sites for hydroxylation is 1. The summed E-state index contributed by atoms with van der Waals surface area (Å²) in [7, 11) is 0. The van der Waals surface area contributed by atoms with Crippen LogP contribution in [-0.2, 0) is 16.0 Å². The maximum absolute atomic E-state index is 12.3. The molecule has 0 saturated carbocycles. The van der Waals surface area contributed by atoms with Crippen molar-refractivity contribution >= 4 is 11.8 Å². The van der Waals surface area contributed by atoms with E-state index >= 15 is 0 Å². The number of carbonyl (C=O) groups is 2. The minimum absolute atomic E-state index is 0.0346. The number of amides is 2. The smallest absolute Gasteiger partial charge is 0.223 e. The zero-order valence-corrected chi connectivity index (χ0v) is 14.5. The minimum atomic E-state index is -0.195. The van der Waals surface area contributed by atoms with Crippen molar-refractivity contribution in [2.45, 2.75) is 52.0 Å². The number of likely N-dealkylation sites (tertiary alicyclic amines) is 1. The highest BCUT2D eigenvalue weighted by molar-refractivity contribution is 5.80. The van der Waals surface area contributed by atoms with Crippen LogP contribution >= 0.6 is 0 Å². The number of hydrogen-bond donors (Lipinski definition) is 1. The third kappa shape index (κ3) is 5.70. The number of piperidine rings is 1. The molecule has 1 N–H and O–H groups in total. The Morgan fingerprint density at radius 1 is 1.13 bits per heavy atom. The first-order valence-corrected chi connectivity index (χ1v) is 8.49. The van der Waals surface area contributed by atoms with Crippen LogP contribution in [0, 0.1) is 5.92 Å². The summed E-state index contributed by atoms with van der Waals surface area (Å²) < 4.78 is 0. The Bertz CT molecular complexity index is 526. The van der Waals surface area contributed by atoms with E-state index in [2.05, 4.69) is 17.4 Å². The van der Waals surface area contributed by atoms with E-state index < -0.39 is 0 Å². The molecule has 4 heteroatoms. The average molecular weight is 316 g/mol. The molecule has 1 aromatic carbocycles. The molecule has 0 aromatic heterocycles. The molecule has 1 fully saturated rings. The lowest BCUT2D eigenvalue weighted by Gasteiger charge is -2.33. The molecule has 1 aromatic rings. The summed E-state index contributed by atoms with van der Waals surface area (Å²) in [5, 5.41) is 3.04. The summed E-state index contributed by atoms with van der Waals surface area (Å²) >= 11 is 0. The third-order valence-electron chi connectivity index (χ3n) is 4.19. The molecule has 1 heterocycles. The van der Waals surface area contributed by atoms with E-state index in [0.717, 1.165) is 19.3 Å². The quantitative estimate of drug-likeness (QED) is 0.928. The van der Waals surface area contributed by atoms with Gasteiger partial charge in [0.1, 0.15) is 0 Å². The van der Waals surface area contributed by atoms with Gasteiger partial charge in [-0.05, 0) is 45.6 Å². The summed E-state index contributed by atoms with van der Waals surface area (Å²) in [5.41, 5.74) is 1.000. The van der Waals surface area contributed by atoms with E-state index in [1.54, 1.807) is 0 Å². The molecule has 0 atom stereocenters. The molecule has 0 bridgehead atoms. The largest absolute Gasteiger partial charge is 0.351 e. The Balaban J connectivity index is 1.75. The lowest BCUT2D eigenvalue weighted by Crippen LogP contribution is -2.47. The normalized spacial score (nSPS) is 16.2. The number of nitrogens with zero attached hydrogens (tertiary/aromatic N) is 1. The molecule has 126 valence electrons. The first kappa shape index (κ1) is 17.5. The topological polar surface area (TPSA) is 49.4 Å². The first-order valence-electron chi connectivity index (χ1n) is 8.49. The van der Waals surface area contributed by atoms with E-state index in [9.17, 15) is 9.59 Å². The van der Waals surface area contributed by atoms with Crippen molar-refractivity contribution in [3.63, 3.8) is 0 Å². The van der Waals surface area contributed by atoms with Crippen molar-refractivity contribution in [3.05, 3.63) is 35.9 Å². The average Bonchev–Trinajstić information content (AvgIpc) is 2.52. The molecular weight excluding hydrogens is 288 g/mol. The molecule has 1 aliphatic rings. The lowest BCUT2D eigenvalue weighted by atomic mass is 9.94. The number of nitrogens with one attached hydrogen (secondary N) is 1. The van der Waals surface area contributed by atoms with Gasteiger partial charge in [-0.1, -0.05) is 30.3 Å². The van der Waals surface area contributed by atoms with Crippen LogP contribution in [0.1, 0.15) is 45.6 Å². The maximum Gasteiger partial charge on any atom is 0.223 e. The van der Waals surface area contributed by atoms with E-state index in [1.807, 2.05) is 43.9 Å². The number of carbonyl (C=O) groups excluding carboxylic acids is 2. The van der Waals surface area contributed by atoms with Gasteiger partial charge in [-0.15, -0.1) is 0 Å². The minimum Gasteiger partial charge on any atom is -0.351 e. The predicted molar refractivity (Wildman–Crippen MR) is 92.0 cm³/mol. The second-order valence-electron chi connectivity index (χ2n) is 7.38. The molecule has 0 radical (unpaired) electrons. The van der Waals surface area contributed by atoms with Gasteiger partial charge in [-0.2, -0.15) is 0 Å². The highest BCUT2D eigenvalue weighted by Gasteiger charge is 2.28. The fourth-order valence-electron chi connectivity index (χ4n) is 2.92. The Morgan fingerprint density at radius 2 is 1.74 bits per heavy atom. The number of hydrogen-bond acceptors (Lipinski definition) is 2. The van der Waals surface area contributed by atoms with Crippen LogP contribution in [0.4, 0.5) is 0 Å². The zero-order valence-electron chi connectivity index (χ0n) is 14.5. The first-order chi connectivity index (χ1) is 10.8. The highest BCUT2D eigenvalue weighted by atomic mass is 16.2. The molecule has 0 unspecified atom stereocenters. The van der Waals surface area contributed by atoms with Crippen LogP contribution in [-0.4, -0.2) is 35.3 Å². The van der Waals surface area contributed by atoms with E-state index in [1.165, 1.54) is 5.56 Å². The van der Waals surface area contributed by atoms with Gasteiger partial charge in [-0.25, -0.2) is 0 Å². The lowest BCUT2D eigenvalue weighted by molar-refractivity contribution is -0.136. The third-order valence-corrected chi connectivity index (χ3v) is 4.19. The van der Waals surface area contributed by atoms with Crippen molar-refractivity contribution in [1.29, 1.82) is 0 Å². The molecule has 0 spiro atoms.